The number of anilines is 1. The van der Waals surface area contributed by atoms with Gasteiger partial charge < -0.3 is 9.73 Å². The highest BCUT2D eigenvalue weighted by Crippen LogP contribution is 2.29. The van der Waals surface area contributed by atoms with E-state index >= 15 is 0 Å². The smallest absolute Gasteiger partial charge is 0.250 e. The number of benzene rings is 2. The number of carbonyl (C=O) groups is 1. The molecule has 1 atom stereocenters. The van der Waals surface area contributed by atoms with E-state index in [1.807, 2.05) is 12.1 Å². The Hall–Kier alpha value is -2.60. The number of furan rings is 1. The lowest BCUT2D eigenvalue weighted by atomic mass is 9.99. The lowest BCUT2D eigenvalue weighted by molar-refractivity contribution is -0.115. The first-order chi connectivity index (χ1) is 14.8. The Morgan fingerprint density at radius 3 is 2.42 bits per heavy atom. The van der Waals surface area contributed by atoms with Crippen molar-refractivity contribution in [2.45, 2.75) is 26.2 Å². The number of nitrogens with one attached hydrogen (secondary N) is 2. The molecular weight excluding hydrogens is 451 g/mol. The Morgan fingerprint density at radius 2 is 1.77 bits per heavy atom. The van der Waals surface area contributed by atoms with Crippen LogP contribution in [0.5, 0.6) is 0 Å². The van der Waals surface area contributed by atoms with Crippen molar-refractivity contribution in [3.63, 3.8) is 0 Å². The van der Waals surface area contributed by atoms with Gasteiger partial charge in [0.2, 0.25) is 5.91 Å². The van der Waals surface area contributed by atoms with Crippen LogP contribution in [0.25, 0.3) is 17.4 Å². The minimum Gasteiger partial charge on any atom is -0.457 e. The molecule has 1 aromatic heterocycles. The van der Waals surface area contributed by atoms with E-state index in [1.54, 1.807) is 36.4 Å². The molecule has 31 heavy (non-hydrogen) atoms. The van der Waals surface area contributed by atoms with Crippen LogP contribution < -0.4 is 10.6 Å². The monoisotopic (exact) mass is 472 g/mol. The van der Waals surface area contributed by atoms with Gasteiger partial charge in [0.15, 0.2) is 5.11 Å². The predicted octanol–water partition coefficient (Wildman–Crippen LogP) is 7.29. The summed E-state index contributed by atoms with van der Waals surface area (Å²) >= 11 is 17.3. The number of rotatable bonds is 6. The molecule has 0 aliphatic rings. The van der Waals surface area contributed by atoms with E-state index < -0.39 is 0 Å². The highest BCUT2D eigenvalue weighted by Gasteiger charge is 2.07. The fourth-order valence-electron chi connectivity index (χ4n) is 2.90. The Balaban J connectivity index is 1.55. The minimum atomic E-state index is -0.363. The van der Waals surface area contributed by atoms with Crippen molar-refractivity contribution in [1.82, 2.24) is 5.32 Å². The molecule has 0 radical (unpaired) electrons. The topological polar surface area (TPSA) is 54.3 Å². The second-order valence-electron chi connectivity index (χ2n) is 7.07. The molecule has 0 aliphatic carbocycles. The fraction of sp³-hybridized carbons (Fsp3) is 0.167. The zero-order valence-electron chi connectivity index (χ0n) is 17.1. The SMILES string of the molecule is CC[C@@H](C)c1ccc(NC(=S)NC(=O)/C=C/c2ccc(-c3cc(Cl)cc(Cl)c3)o2)cc1. The van der Waals surface area contributed by atoms with Gasteiger partial charge in [-0.05, 0) is 78.7 Å². The molecule has 0 bridgehead atoms. The summed E-state index contributed by atoms with van der Waals surface area (Å²) in [6, 6.07) is 16.7. The molecule has 4 nitrogen and oxygen atoms in total. The molecule has 0 spiro atoms. The van der Waals surface area contributed by atoms with Gasteiger partial charge in [0, 0.05) is 27.4 Å². The normalized spacial score (nSPS) is 12.0. The molecule has 2 N–H and O–H groups in total. The van der Waals surface area contributed by atoms with Crippen LogP contribution in [0.1, 0.15) is 37.5 Å². The first-order valence-corrected chi connectivity index (χ1v) is 11.0. The standard InChI is InChI=1S/C24H22Cl2N2O2S/c1-3-15(2)16-4-6-20(7-5-16)27-24(31)28-23(29)11-9-21-8-10-22(30-21)17-12-18(25)14-19(26)13-17/h4-15H,3H2,1-2H3,(H2,27,28,29,31)/b11-9+/t15-/m1/s1. The molecule has 3 aromatic rings. The summed E-state index contributed by atoms with van der Waals surface area (Å²) in [5.41, 5.74) is 2.84. The Morgan fingerprint density at radius 1 is 1.10 bits per heavy atom. The summed E-state index contributed by atoms with van der Waals surface area (Å²) in [4.78, 5) is 12.2. The molecule has 0 fully saturated rings. The number of thiocarbonyl (C=S) groups is 1. The summed E-state index contributed by atoms with van der Waals surface area (Å²) < 4.78 is 5.74. The van der Waals surface area contributed by atoms with Crippen LogP contribution in [-0.4, -0.2) is 11.0 Å². The predicted molar refractivity (Wildman–Crippen MR) is 133 cm³/mol. The molecule has 1 heterocycles. The molecule has 3 rings (SSSR count). The van der Waals surface area contributed by atoms with E-state index in [0.717, 1.165) is 17.7 Å². The van der Waals surface area contributed by atoms with E-state index in [2.05, 4.69) is 36.6 Å². The fourth-order valence-corrected chi connectivity index (χ4v) is 3.64. The van der Waals surface area contributed by atoms with Crippen molar-refractivity contribution in [1.29, 1.82) is 0 Å². The van der Waals surface area contributed by atoms with Crippen LogP contribution in [-0.2, 0) is 4.79 Å². The maximum Gasteiger partial charge on any atom is 0.250 e. The second kappa shape index (κ2) is 10.6. The first kappa shape index (κ1) is 23.1. The van der Waals surface area contributed by atoms with Crippen molar-refractivity contribution in [2.75, 3.05) is 5.32 Å². The van der Waals surface area contributed by atoms with Gasteiger partial charge in [0.1, 0.15) is 11.5 Å². The molecule has 2 aromatic carbocycles. The Kier molecular flexibility index (Phi) is 7.91. The van der Waals surface area contributed by atoms with Crippen molar-refractivity contribution >= 4 is 58.2 Å². The maximum atomic E-state index is 12.2. The van der Waals surface area contributed by atoms with Gasteiger partial charge in [-0.2, -0.15) is 0 Å². The lowest BCUT2D eigenvalue weighted by Gasteiger charge is -2.11. The molecular formula is C24H22Cl2N2O2S. The van der Waals surface area contributed by atoms with E-state index in [0.29, 0.717) is 27.5 Å². The van der Waals surface area contributed by atoms with Crippen molar-refractivity contribution in [3.05, 3.63) is 82.0 Å². The molecule has 0 aliphatic heterocycles. The maximum absolute atomic E-state index is 12.2. The lowest BCUT2D eigenvalue weighted by Crippen LogP contribution is -2.32. The van der Waals surface area contributed by atoms with Crippen LogP contribution in [0, 0.1) is 0 Å². The first-order valence-electron chi connectivity index (χ1n) is 9.80. The van der Waals surface area contributed by atoms with Crippen LogP contribution in [0.4, 0.5) is 5.69 Å². The largest absolute Gasteiger partial charge is 0.457 e. The van der Waals surface area contributed by atoms with Crippen LogP contribution in [0.3, 0.4) is 0 Å². The van der Waals surface area contributed by atoms with Gasteiger partial charge in [-0.15, -0.1) is 0 Å². The van der Waals surface area contributed by atoms with Crippen molar-refractivity contribution < 1.29 is 9.21 Å². The quantitative estimate of drug-likeness (QED) is 0.292. The van der Waals surface area contributed by atoms with E-state index in [1.165, 1.54) is 11.6 Å². The zero-order valence-corrected chi connectivity index (χ0v) is 19.4. The molecule has 160 valence electrons. The van der Waals surface area contributed by atoms with Gasteiger partial charge in [-0.3, -0.25) is 10.1 Å². The van der Waals surface area contributed by atoms with Gasteiger partial charge >= 0.3 is 0 Å². The number of hydrogen-bond donors (Lipinski definition) is 2. The van der Waals surface area contributed by atoms with E-state index in [-0.39, 0.29) is 11.0 Å². The number of amides is 1. The molecule has 0 saturated heterocycles. The number of halogens is 2. The molecule has 1 amide bonds. The number of carbonyl (C=O) groups excluding carboxylic acids is 1. The average molecular weight is 473 g/mol. The summed E-state index contributed by atoms with van der Waals surface area (Å²) in [6.07, 6.45) is 4.00. The third-order valence-electron chi connectivity index (χ3n) is 4.76. The molecule has 0 saturated carbocycles. The van der Waals surface area contributed by atoms with Crippen LogP contribution in [0.2, 0.25) is 10.0 Å². The highest BCUT2D eigenvalue weighted by atomic mass is 35.5. The molecule has 7 heteroatoms. The van der Waals surface area contributed by atoms with Crippen molar-refractivity contribution in [3.8, 4) is 11.3 Å². The number of hydrogen-bond acceptors (Lipinski definition) is 3. The van der Waals surface area contributed by atoms with E-state index in [9.17, 15) is 4.79 Å². The Labute approximate surface area is 197 Å². The van der Waals surface area contributed by atoms with Gasteiger partial charge in [-0.1, -0.05) is 49.2 Å². The van der Waals surface area contributed by atoms with Gasteiger partial charge in [-0.25, -0.2) is 0 Å². The summed E-state index contributed by atoms with van der Waals surface area (Å²) in [5, 5.41) is 6.89. The summed E-state index contributed by atoms with van der Waals surface area (Å²) in [7, 11) is 0. The minimum absolute atomic E-state index is 0.222. The third-order valence-corrected chi connectivity index (χ3v) is 5.40. The average Bonchev–Trinajstić information content (AvgIpc) is 3.20. The zero-order chi connectivity index (χ0) is 22.4. The Bertz CT molecular complexity index is 1090. The third kappa shape index (κ3) is 6.69. The summed E-state index contributed by atoms with van der Waals surface area (Å²) in [6.45, 7) is 4.34. The van der Waals surface area contributed by atoms with Crippen LogP contribution in [0.15, 0.2) is 65.1 Å². The second-order valence-corrected chi connectivity index (χ2v) is 8.35. The van der Waals surface area contributed by atoms with Gasteiger partial charge in [0.05, 0.1) is 0 Å². The molecule has 0 unspecified atom stereocenters. The highest BCUT2D eigenvalue weighted by molar-refractivity contribution is 7.80. The van der Waals surface area contributed by atoms with Crippen molar-refractivity contribution in [2.24, 2.45) is 0 Å². The van der Waals surface area contributed by atoms with Gasteiger partial charge in [0.25, 0.3) is 0 Å². The van der Waals surface area contributed by atoms with Crippen LogP contribution >= 0.6 is 35.4 Å². The van der Waals surface area contributed by atoms with E-state index in [4.69, 9.17) is 39.8 Å². The summed E-state index contributed by atoms with van der Waals surface area (Å²) in [5.74, 6) is 1.25.